The van der Waals surface area contributed by atoms with E-state index in [0.29, 0.717) is 12.4 Å². The van der Waals surface area contributed by atoms with Crippen molar-refractivity contribution in [1.29, 1.82) is 0 Å². The molecule has 1 amide bonds. The number of pyridine rings is 1. The number of rotatable bonds is 3. The number of carbonyl (C=O) groups excluding carboxylic acids is 1. The van der Waals surface area contributed by atoms with E-state index in [0.717, 1.165) is 18.8 Å². The SMILES string of the molecule is CNCCN1CC(=O)Nc2ncccc21. The second kappa shape index (κ2) is 4.27. The first-order chi connectivity index (χ1) is 7.31. The summed E-state index contributed by atoms with van der Waals surface area (Å²) >= 11 is 0. The van der Waals surface area contributed by atoms with E-state index in [1.165, 1.54) is 0 Å². The molecule has 1 aliphatic rings. The molecule has 1 aromatic heterocycles. The second-order valence-electron chi connectivity index (χ2n) is 3.44. The summed E-state index contributed by atoms with van der Waals surface area (Å²) in [5.41, 5.74) is 0.993. The first-order valence-corrected chi connectivity index (χ1v) is 4.95. The Morgan fingerprint density at radius 2 is 2.53 bits per heavy atom. The molecule has 80 valence electrons. The van der Waals surface area contributed by atoms with Crippen LogP contribution in [0.5, 0.6) is 0 Å². The van der Waals surface area contributed by atoms with Gasteiger partial charge in [-0.05, 0) is 19.2 Å². The molecule has 2 N–H and O–H groups in total. The highest BCUT2D eigenvalue weighted by Crippen LogP contribution is 2.25. The number of fused-ring (bicyclic) bond motifs is 1. The Bertz CT molecular complexity index is 366. The zero-order chi connectivity index (χ0) is 10.7. The van der Waals surface area contributed by atoms with E-state index in [-0.39, 0.29) is 5.91 Å². The van der Waals surface area contributed by atoms with Crippen LogP contribution in [0, 0.1) is 0 Å². The molecule has 0 spiro atoms. The topological polar surface area (TPSA) is 57.3 Å². The van der Waals surface area contributed by atoms with Gasteiger partial charge in [-0.2, -0.15) is 0 Å². The van der Waals surface area contributed by atoms with E-state index < -0.39 is 0 Å². The first-order valence-electron chi connectivity index (χ1n) is 4.95. The molecule has 0 bridgehead atoms. The van der Waals surface area contributed by atoms with Gasteiger partial charge in [0, 0.05) is 19.3 Å². The van der Waals surface area contributed by atoms with E-state index in [4.69, 9.17) is 0 Å². The highest BCUT2D eigenvalue weighted by molar-refractivity contribution is 5.99. The van der Waals surface area contributed by atoms with Gasteiger partial charge in [-0.25, -0.2) is 4.98 Å². The van der Waals surface area contributed by atoms with Crippen LogP contribution in [0.15, 0.2) is 18.3 Å². The van der Waals surface area contributed by atoms with Crippen molar-refractivity contribution in [2.24, 2.45) is 0 Å². The van der Waals surface area contributed by atoms with Crippen molar-refractivity contribution in [2.45, 2.75) is 0 Å². The molecule has 0 unspecified atom stereocenters. The summed E-state index contributed by atoms with van der Waals surface area (Å²) in [6.07, 6.45) is 1.68. The second-order valence-corrected chi connectivity index (χ2v) is 3.44. The van der Waals surface area contributed by atoms with E-state index in [2.05, 4.69) is 15.6 Å². The lowest BCUT2D eigenvalue weighted by Gasteiger charge is -2.29. The predicted molar refractivity (Wildman–Crippen MR) is 59.0 cm³/mol. The Kier molecular flexibility index (Phi) is 2.82. The number of carbonyl (C=O) groups is 1. The van der Waals surface area contributed by atoms with Gasteiger partial charge >= 0.3 is 0 Å². The average Bonchev–Trinajstić information content (AvgIpc) is 2.25. The maximum atomic E-state index is 11.4. The molecule has 0 saturated heterocycles. The van der Waals surface area contributed by atoms with Crippen LogP contribution in [0.1, 0.15) is 0 Å². The third-order valence-electron chi connectivity index (χ3n) is 2.35. The van der Waals surface area contributed by atoms with Gasteiger partial charge in [0.25, 0.3) is 0 Å². The summed E-state index contributed by atoms with van der Waals surface area (Å²) in [5.74, 6) is 0.655. The van der Waals surface area contributed by atoms with Crippen molar-refractivity contribution in [1.82, 2.24) is 10.3 Å². The minimum atomic E-state index is -0.00250. The van der Waals surface area contributed by atoms with E-state index in [1.807, 2.05) is 24.1 Å². The van der Waals surface area contributed by atoms with Crippen molar-refractivity contribution >= 4 is 17.4 Å². The number of nitrogens with zero attached hydrogens (tertiary/aromatic N) is 2. The van der Waals surface area contributed by atoms with E-state index in [1.54, 1.807) is 6.20 Å². The van der Waals surface area contributed by atoms with Gasteiger partial charge in [-0.1, -0.05) is 0 Å². The molecule has 5 heteroatoms. The van der Waals surface area contributed by atoms with Gasteiger partial charge in [-0.3, -0.25) is 4.79 Å². The highest BCUT2D eigenvalue weighted by atomic mass is 16.2. The number of likely N-dealkylation sites (N-methyl/N-ethyl adjacent to an activating group) is 1. The molecule has 0 aliphatic carbocycles. The molecule has 1 aromatic rings. The third kappa shape index (κ3) is 2.07. The first kappa shape index (κ1) is 9.92. The molecule has 5 nitrogen and oxygen atoms in total. The summed E-state index contributed by atoms with van der Waals surface area (Å²) in [5, 5.41) is 5.82. The minimum absolute atomic E-state index is 0.00250. The third-order valence-corrected chi connectivity index (χ3v) is 2.35. The Morgan fingerprint density at radius 1 is 1.67 bits per heavy atom. The fourth-order valence-corrected chi connectivity index (χ4v) is 1.62. The summed E-state index contributed by atoms with van der Waals surface area (Å²) in [4.78, 5) is 17.5. The molecule has 2 rings (SSSR count). The number of nitrogens with one attached hydrogen (secondary N) is 2. The lowest BCUT2D eigenvalue weighted by Crippen LogP contribution is -2.41. The lowest BCUT2D eigenvalue weighted by atomic mass is 10.2. The van der Waals surface area contributed by atoms with Crippen LogP contribution < -0.4 is 15.5 Å². The molecule has 2 heterocycles. The molecule has 0 saturated carbocycles. The number of hydrogen-bond donors (Lipinski definition) is 2. The highest BCUT2D eigenvalue weighted by Gasteiger charge is 2.21. The summed E-state index contributed by atoms with van der Waals surface area (Å²) in [6.45, 7) is 2.06. The van der Waals surface area contributed by atoms with Crippen molar-refractivity contribution in [2.75, 3.05) is 36.9 Å². The maximum absolute atomic E-state index is 11.4. The normalized spacial score (nSPS) is 14.7. The van der Waals surface area contributed by atoms with Crippen LogP contribution in [0.3, 0.4) is 0 Å². The lowest BCUT2D eigenvalue weighted by molar-refractivity contribution is -0.115. The zero-order valence-corrected chi connectivity index (χ0v) is 8.66. The average molecular weight is 206 g/mol. The van der Waals surface area contributed by atoms with E-state index >= 15 is 0 Å². The maximum Gasteiger partial charge on any atom is 0.245 e. The monoisotopic (exact) mass is 206 g/mol. The number of anilines is 2. The van der Waals surface area contributed by atoms with Gasteiger partial charge in [0.15, 0.2) is 5.82 Å². The molecular formula is C10H14N4O. The smallest absolute Gasteiger partial charge is 0.245 e. The number of aromatic nitrogens is 1. The number of hydrogen-bond acceptors (Lipinski definition) is 4. The van der Waals surface area contributed by atoms with Gasteiger partial charge in [0.05, 0.1) is 12.2 Å². The Labute approximate surface area is 88.5 Å². The van der Waals surface area contributed by atoms with Gasteiger partial charge in [0.1, 0.15) is 0 Å². The largest absolute Gasteiger partial charge is 0.358 e. The standard InChI is InChI=1S/C10H14N4O/c1-11-5-6-14-7-9(15)13-10-8(14)3-2-4-12-10/h2-4,11H,5-7H2,1H3,(H,12,13,15). The zero-order valence-electron chi connectivity index (χ0n) is 8.66. The van der Waals surface area contributed by atoms with Crippen LogP contribution in [-0.4, -0.2) is 37.6 Å². The van der Waals surface area contributed by atoms with Crippen LogP contribution in [0.25, 0.3) is 0 Å². The van der Waals surface area contributed by atoms with Crippen LogP contribution in [0.2, 0.25) is 0 Å². The van der Waals surface area contributed by atoms with Crippen molar-refractivity contribution in [3.8, 4) is 0 Å². The van der Waals surface area contributed by atoms with Crippen molar-refractivity contribution < 1.29 is 4.79 Å². The summed E-state index contributed by atoms with van der Waals surface area (Å²) < 4.78 is 0. The minimum Gasteiger partial charge on any atom is -0.358 e. The van der Waals surface area contributed by atoms with Gasteiger partial charge in [-0.15, -0.1) is 0 Å². The van der Waals surface area contributed by atoms with Crippen molar-refractivity contribution in [3.63, 3.8) is 0 Å². The van der Waals surface area contributed by atoms with E-state index in [9.17, 15) is 4.79 Å². The molecule has 0 radical (unpaired) electrons. The van der Waals surface area contributed by atoms with Gasteiger partial charge in [0.2, 0.25) is 5.91 Å². The molecule has 0 fully saturated rings. The Balaban J connectivity index is 2.22. The molecule has 1 aliphatic heterocycles. The quantitative estimate of drug-likeness (QED) is 0.734. The summed E-state index contributed by atoms with van der Waals surface area (Å²) in [6, 6.07) is 3.85. The van der Waals surface area contributed by atoms with Crippen LogP contribution in [-0.2, 0) is 4.79 Å². The van der Waals surface area contributed by atoms with Gasteiger partial charge < -0.3 is 15.5 Å². The van der Waals surface area contributed by atoms with Crippen LogP contribution >= 0.6 is 0 Å². The predicted octanol–water partition coefficient (Wildman–Crippen LogP) is 0.0595. The van der Waals surface area contributed by atoms with Crippen LogP contribution in [0.4, 0.5) is 11.5 Å². The fourth-order valence-electron chi connectivity index (χ4n) is 1.62. The molecular weight excluding hydrogens is 192 g/mol. The Morgan fingerprint density at radius 3 is 3.33 bits per heavy atom. The Hall–Kier alpha value is -1.62. The summed E-state index contributed by atoms with van der Waals surface area (Å²) in [7, 11) is 1.90. The molecule has 0 aromatic carbocycles. The van der Waals surface area contributed by atoms with Crippen molar-refractivity contribution in [3.05, 3.63) is 18.3 Å². The number of amides is 1. The molecule has 0 atom stereocenters. The molecule has 15 heavy (non-hydrogen) atoms. The fraction of sp³-hybridized carbons (Fsp3) is 0.400.